The lowest BCUT2D eigenvalue weighted by atomic mass is 9.94. The molecule has 0 saturated carbocycles. The van der Waals surface area contributed by atoms with Crippen molar-refractivity contribution in [3.8, 4) is 11.5 Å². The molecular weight excluding hydrogens is 462 g/mol. The largest absolute Gasteiger partial charge is 0.493 e. The number of para-hydroxylation sites is 1. The van der Waals surface area contributed by atoms with Gasteiger partial charge in [-0.25, -0.2) is 4.68 Å². The van der Waals surface area contributed by atoms with E-state index in [0.717, 1.165) is 10.0 Å². The molecule has 0 fully saturated rings. The number of amides is 1. The van der Waals surface area contributed by atoms with Gasteiger partial charge >= 0.3 is 0 Å². The van der Waals surface area contributed by atoms with E-state index >= 15 is 0 Å². The summed E-state index contributed by atoms with van der Waals surface area (Å²) in [5.74, 6) is 1.50. The number of carbonyl (C=O) groups excluding carboxylic acids is 1. The zero-order valence-corrected chi connectivity index (χ0v) is 18.9. The average Bonchev–Trinajstić information content (AvgIpc) is 3.22. The van der Waals surface area contributed by atoms with Crippen LogP contribution in [0.15, 0.2) is 64.5 Å². The van der Waals surface area contributed by atoms with Crippen LogP contribution < -0.4 is 20.1 Å². The Hall–Kier alpha value is -3.33. The first-order valence-corrected chi connectivity index (χ1v) is 10.6. The first-order valence-electron chi connectivity index (χ1n) is 9.77. The molecule has 1 amide bonds. The SMILES string of the molecule is CCOc1c(Br)cc(C2C(C(=O)Nc3ccccc3)=C(C)Nc3ncnn32)cc1OC. The van der Waals surface area contributed by atoms with E-state index in [1.807, 2.05) is 56.3 Å². The van der Waals surface area contributed by atoms with Crippen molar-refractivity contribution in [1.82, 2.24) is 14.8 Å². The van der Waals surface area contributed by atoms with Gasteiger partial charge in [-0.2, -0.15) is 10.1 Å². The molecule has 1 aliphatic rings. The molecule has 160 valence electrons. The third-order valence-electron chi connectivity index (χ3n) is 4.93. The lowest BCUT2D eigenvalue weighted by Crippen LogP contribution is -2.31. The first kappa shape index (κ1) is 20.9. The number of ether oxygens (including phenoxy) is 2. The number of hydrogen-bond acceptors (Lipinski definition) is 6. The predicted molar refractivity (Wildman–Crippen MR) is 121 cm³/mol. The summed E-state index contributed by atoms with van der Waals surface area (Å²) < 4.78 is 13.7. The molecule has 2 heterocycles. The van der Waals surface area contributed by atoms with Crippen molar-refractivity contribution >= 4 is 33.5 Å². The molecular formula is C22H22BrN5O3. The molecule has 9 heteroatoms. The number of benzene rings is 2. The van der Waals surface area contributed by atoms with Crippen LogP contribution in [0.25, 0.3) is 0 Å². The fourth-order valence-electron chi connectivity index (χ4n) is 3.60. The number of allylic oxidation sites excluding steroid dienone is 1. The van der Waals surface area contributed by atoms with Crippen molar-refractivity contribution in [3.63, 3.8) is 0 Å². The lowest BCUT2D eigenvalue weighted by Gasteiger charge is -2.29. The quantitative estimate of drug-likeness (QED) is 0.540. The number of nitrogens with zero attached hydrogens (tertiary/aromatic N) is 3. The maximum atomic E-state index is 13.4. The molecule has 0 radical (unpaired) electrons. The third kappa shape index (κ3) is 4.00. The second kappa shape index (κ2) is 8.81. The third-order valence-corrected chi connectivity index (χ3v) is 5.52. The first-order chi connectivity index (χ1) is 15.0. The minimum absolute atomic E-state index is 0.230. The van der Waals surface area contributed by atoms with E-state index in [1.54, 1.807) is 11.8 Å². The Morgan fingerprint density at radius 2 is 2.06 bits per heavy atom. The van der Waals surface area contributed by atoms with E-state index in [-0.39, 0.29) is 5.91 Å². The molecule has 31 heavy (non-hydrogen) atoms. The summed E-state index contributed by atoms with van der Waals surface area (Å²) in [6.45, 7) is 4.26. The number of nitrogens with one attached hydrogen (secondary N) is 2. The highest BCUT2D eigenvalue weighted by Gasteiger charge is 2.34. The summed E-state index contributed by atoms with van der Waals surface area (Å²) in [5.41, 5.74) is 2.74. The fourth-order valence-corrected chi connectivity index (χ4v) is 4.17. The van der Waals surface area contributed by atoms with Crippen LogP contribution in [0.5, 0.6) is 11.5 Å². The Morgan fingerprint density at radius 1 is 1.29 bits per heavy atom. The van der Waals surface area contributed by atoms with Crippen molar-refractivity contribution in [2.75, 3.05) is 24.4 Å². The number of methoxy groups -OCH3 is 1. The van der Waals surface area contributed by atoms with E-state index in [2.05, 4.69) is 36.6 Å². The van der Waals surface area contributed by atoms with Crippen molar-refractivity contribution in [3.05, 3.63) is 70.1 Å². The van der Waals surface area contributed by atoms with Gasteiger partial charge in [-0.15, -0.1) is 0 Å². The van der Waals surface area contributed by atoms with Gasteiger partial charge in [-0.05, 0) is 59.6 Å². The van der Waals surface area contributed by atoms with Crippen LogP contribution >= 0.6 is 15.9 Å². The molecule has 0 saturated heterocycles. The Bertz CT molecular complexity index is 1140. The smallest absolute Gasteiger partial charge is 0.255 e. The molecule has 0 spiro atoms. The summed E-state index contributed by atoms with van der Waals surface area (Å²) in [6, 6.07) is 12.6. The van der Waals surface area contributed by atoms with Gasteiger partial charge in [0.1, 0.15) is 12.4 Å². The number of halogens is 1. The van der Waals surface area contributed by atoms with E-state index in [1.165, 1.54) is 6.33 Å². The zero-order valence-electron chi connectivity index (χ0n) is 17.3. The van der Waals surface area contributed by atoms with Crippen molar-refractivity contribution < 1.29 is 14.3 Å². The molecule has 2 aromatic carbocycles. The minimum atomic E-state index is -0.511. The van der Waals surface area contributed by atoms with Gasteiger partial charge in [-0.3, -0.25) is 4.79 Å². The predicted octanol–water partition coefficient (Wildman–Crippen LogP) is 4.38. The van der Waals surface area contributed by atoms with Crippen LogP contribution in [0.1, 0.15) is 25.5 Å². The van der Waals surface area contributed by atoms with Crippen LogP contribution in [0.4, 0.5) is 11.6 Å². The van der Waals surface area contributed by atoms with E-state index < -0.39 is 6.04 Å². The Labute approximate surface area is 188 Å². The highest BCUT2D eigenvalue weighted by molar-refractivity contribution is 9.10. The molecule has 1 aromatic heterocycles. The zero-order chi connectivity index (χ0) is 22.0. The van der Waals surface area contributed by atoms with Gasteiger partial charge in [0.05, 0.1) is 23.8 Å². The Kier molecular flexibility index (Phi) is 5.94. The molecule has 0 bridgehead atoms. The number of fused-ring (bicyclic) bond motifs is 1. The number of aromatic nitrogens is 3. The average molecular weight is 484 g/mol. The van der Waals surface area contributed by atoms with E-state index in [4.69, 9.17) is 9.47 Å². The van der Waals surface area contributed by atoms with Crippen LogP contribution in [-0.4, -0.2) is 34.4 Å². The highest BCUT2D eigenvalue weighted by atomic mass is 79.9. The minimum Gasteiger partial charge on any atom is -0.493 e. The van der Waals surface area contributed by atoms with Crippen LogP contribution in [0, 0.1) is 0 Å². The van der Waals surface area contributed by atoms with Gasteiger partial charge in [0.25, 0.3) is 5.91 Å². The van der Waals surface area contributed by atoms with Crippen LogP contribution in [0.2, 0.25) is 0 Å². The van der Waals surface area contributed by atoms with Crippen LogP contribution in [0.3, 0.4) is 0 Å². The Morgan fingerprint density at radius 3 is 2.77 bits per heavy atom. The number of rotatable bonds is 6. The van der Waals surface area contributed by atoms with E-state index in [9.17, 15) is 4.79 Å². The lowest BCUT2D eigenvalue weighted by molar-refractivity contribution is -0.113. The number of hydrogen-bond donors (Lipinski definition) is 2. The molecule has 3 aromatic rings. The number of carbonyl (C=O) groups is 1. The maximum Gasteiger partial charge on any atom is 0.255 e. The second-order valence-electron chi connectivity index (χ2n) is 6.88. The van der Waals surface area contributed by atoms with Gasteiger partial charge in [0.2, 0.25) is 5.95 Å². The normalized spacial score (nSPS) is 15.2. The summed E-state index contributed by atoms with van der Waals surface area (Å²) in [5, 5.41) is 10.5. The van der Waals surface area contributed by atoms with Gasteiger partial charge in [0.15, 0.2) is 11.5 Å². The topological polar surface area (TPSA) is 90.3 Å². The summed E-state index contributed by atoms with van der Waals surface area (Å²) in [7, 11) is 1.58. The van der Waals surface area contributed by atoms with Crippen molar-refractivity contribution in [1.29, 1.82) is 0 Å². The summed E-state index contributed by atoms with van der Waals surface area (Å²) in [6.07, 6.45) is 1.46. The molecule has 2 N–H and O–H groups in total. The second-order valence-corrected chi connectivity index (χ2v) is 7.74. The highest BCUT2D eigenvalue weighted by Crippen LogP contribution is 2.42. The molecule has 1 atom stereocenters. The molecule has 8 nitrogen and oxygen atoms in total. The van der Waals surface area contributed by atoms with Gasteiger partial charge in [0, 0.05) is 11.4 Å². The molecule has 1 unspecified atom stereocenters. The molecule has 4 rings (SSSR count). The van der Waals surface area contributed by atoms with Crippen molar-refractivity contribution in [2.45, 2.75) is 19.9 Å². The van der Waals surface area contributed by atoms with Gasteiger partial charge < -0.3 is 20.1 Å². The Balaban J connectivity index is 1.81. The monoisotopic (exact) mass is 483 g/mol. The fraction of sp³-hybridized carbons (Fsp3) is 0.227. The van der Waals surface area contributed by atoms with E-state index in [0.29, 0.717) is 41.0 Å². The van der Waals surface area contributed by atoms with Crippen LogP contribution in [-0.2, 0) is 4.79 Å². The molecule has 1 aliphatic heterocycles. The number of anilines is 2. The summed E-state index contributed by atoms with van der Waals surface area (Å²) in [4.78, 5) is 17.6. The standard InChI is InChI=1S/C22H22BrN5O3/c1-4-31-20-16(23)10-14(11-17(20)30-3)19-18(13(2)26-22-24-12-25-28(19)22)21(29)27-15-8-6-5-7-9-15/h5-12,19H,4H2,1-3H3,(H,27,29)(H,24,25,26). The summed E-state index contributed by atoms with van der Waals surface area (Å²) >= 11 is 3.58. The molecule has 0 aliphatic carbocycles. The van der Waals surface area contributed by atoms with Crippen molar-refractivity contribution in [2.24, 2.45) is 0 Å². The van der Waals surface area contributed by atoms with Gasteiger partial charge in [-0.1, -0.05) is 18.2 Å². The maximum absolute atomic E-state index is 13.4.